The van der Waals surface area contributed by atoms with Crippen LogP contribution < -0.4 is 9.47 Å². The number of hydrogen-bond donors (Lipinski definition) is 1. The summed E-state index contributed by atoms with van der Waals surface area (Å²) >= 11 is 2.08. The van der Waals surface area contributed by atoms with E-state index < -0.39 is 6.36 Å². The molecule has 4 nitrogen and oxygen atoms in total. The lowest BCUT2D eigenvalue weighted by atomic mass is 10.0. The third-order valence-corrected chi connectivity index (χ3v) is 5.47. The van der Waals surface area contributed by atoms with Crippen molar-refractivity contribution in [3.8, 4) is 23.0 Å². The number of alkyl halides is 3. The third kappa shape index (κ3) is 5.53. The van der Waals surface area contributed by atoms with Gasteiger partial charge in [-0.05, 0) is 78.4 Å². The van der Waals surface area contributed by atoms with Gasteiger partial charge in [-0.25, -0.2) is 0 Å². The lowest BCUT2D eigenvalue weighted by molar-refractivity contribution is -0.274. The molecule has 0 aliphatic rings. The summed E-state index contributed by atoms with van der Waals surface area (Å²) in [7, 11) is 0. The molecule has 0 fully saturated rings. The first-order valence-corrected chi connectivity index (χ1v) is 9.67. The minimum atomic E-state index is -4.73. The highest BCUT2D eigenvalue weighted by atomic mass is 127. The second kappa shape index (κ2) is 8.48. The number of hydrogen-bond acceptors (Lipinski definition) is 4. The second-order valence-electron chi connectivity index (χ2n) is 6.37. The van der Waals surface area contributed by atoms with Crippen molar-refractivity contribution in [3.05, 3.63) is 74.6 Å². The van der Waals surface area contributed by atoms with Crippen LogP contribution in [0.1, 0.15) is 22.5 Å². The molecule has 3 rings (SSSR count). The van der Waals surface area contributed by atoms with Crippen molar-refractivity contribution in [1.29, 1.82) is 0 Å². The molecule has 0 unspecified atom stereocenters. The van der Waals surface area contributed by atoms with E-state index in [-0.39, 0.29) is 11.5 Å². The van der Waals surface area contributed by atoms with Crippen LogP contribution in [-0.4, -0.2) is 16.5 Å². The van der Waals surface area contributed by atoms with Gasteiger partial charge in [-0.1, -0.05) is 12.1 Å². The highest BCUT2D eigenvalue weighted by molar-refractivity contribution is 14.1. The third-order valence-electron chi connectivity index (χ3n) is 4.18. The van der Waals surface area contributed by atoms with Crippen LogP contribution in [-0.2, 0) is 6.42 Å². The van der Waals surface area contributed by atoms with Crippen molar-refractivity contribution in [2.24, 2.45) is 0 Å². The van der Waals surface area contributed by atoms with Gasteiger partial charge in [0.1, 0.15) is 23.0 Å². The number of pyridine rings is 1. The molecular formula is C21H17F3INO3. The summed E-state index contributed by atoms with van der Waals surface area (Å²) in [5.74, 6) is 0.864. The number of aromatic nitrogens is 1. The first-order valence-electron chi connectivity index (χ1n) is 8.59. The molecule has 8 heteroatoms. The normalized spacial score (nSPS) is 11.4. The average Bonchev–Trinajstić information content (AvgIpc) is 2.65. The lowest BCUT2D eigenvalue weighted by Crippen LogP contribution is -2.16. The molecule has 0 bridgehead atoms. The Bertz CT molecular complexity index is 1000. The first-order chi connectivity index (χ1) is 13.6. The minimum absolute atomic E-state index is 0.247. The van der Waals surface area contributed by atoms with Crippen molar-refractivity contribution < 1.29 is 27.8 Å². The van der Waals surface area contributed by atoms with E-state index in [1.807, 2.05) is 26.0 Å². The van der Waals surface area contributed by atoms with Crippen LogP contribution >= 0.6 is 22.6 Å². The molecule has 0 spiro atoms. The number of rotatable bonds is 5. The van der Waals surface area contributed by atoms with Crippen molar-refractivity contribution in [3.63, 3.8) is 0 Å². The maximum atomic E-state index is 12.2. The summed E-state index contributed by atoms with van der Waals surface area (Å²) in [5, 5.41) is 10.4. The maximum absolute atomic E-state index is 12.2. The van der Waals surface area contributed by atoms with Gasteiger partial charge < -0.3 is 14.6 Å². The molecule has 0 radical (unpaired) electrons. The van der Waals surface area contributed by atoms with Gasteiger partial charge in [-0.2, -0.15) is 0 Å². The van der Waals surface area contributed by atoms with Crippen LogP contribution in [0.5, 0.6) is 23.0 Å². The molecule has 1 N–H and O–H groups in total. The number of aromatic hydroxyl groups is 1. The van der Waals surface area contributed by atoms with Gasteiger partial charge in [0, 0.05) is 17.7 Å². The zero-order chi connectivity index (χ0) is 21.2. The number of aryl methyl sites for hydroxylation is 2. The summed E-state index contributed by atoms with van der Waals surface area (Å²) < 4.78 is 46.8. The maximum Gasteiger partial charge on any atom is 0.573 e. The molecule has 1 aromatic heterocycles. The number of ether oxygens (including phenoxy) is 2. The molecule has 1 heterocycles. The van der Waals surface area contributed by atoms with Crippen LogP contribution in [0.3, 0.4) is 0 Å². The molecular weight excluding hydrogens is 498 g/mol. The van der Waals surface area contributed by atoms with Crippen LogP contribution in [0.4, 0.5) is 13.2 Å². The largest absolute Gasteiger partial charge is 0.573 e. The van der Waals surface area contributed by atoms with Crippen molar-refractivity contribution in [2.75, 3.05) is 0 Å². The van der Waals surface area contributed by atoms with Crippen LogP contribution in [0.15, 0.2) is 48.5 Å². The summed E-state index contributed by atoms with van der Waals surface area (Å²) in [4.78, 5) is 4.46. The summed E-state index contributed by atoms with van der Waals surface area (Å²) in [5.41, 5.74) is 3.31. The van der Waals surface area contributed by atoms with E-state index in [0.717, 1.165) is 26.1 Å². The quantitative estimate of drug-likeness (QED) is 0.406. The van der Waals surface area contributed by atoms with Gasteiger partial charge in [-0.3, -0.25) is 4.98 Å². The first kappa shape index (κ1) is 21.2. The molecule has 29 heavy (non-hydrogen) atoms. The predicted octanol–water partition coefficient (Wildman–Crippen LogP) is 6.29. The van der Waals surface area contributed by atoms with E-state index in [1.165, 1.54) is 24.3 Å². The molecule has 0 saturated carbocycles. The molecule has 3 aromatic rings. The Kier molecular flexibility index (Phi) is 6.21. The van der Waals surface area contributed by atoms with Crippen molar-refractivity contribution in [1.82, 2.24) is 4.98 Å². The Morgan fingerprint density at radius 3 is 1.97 bits per heavy atom. The number of nitrogens with zero attached hydrogens (tertiary/aromatic N) is 1. The molecule has 0 aliphatic carbocycles. The monoisotopic (exact) mass is 515 g/mol. The van der Waals surface area contributed by atoms with Crippen LogP contribution in [0.2, 0.25) is 0 Å². The van der Waals surface area contributed by atoms with Crippen molar-refractivity contribution in [2.45, 2.75) is 26.6 Å². The SMILES string of the molecule is Cc1nc(C)c(Cc2ccc(Oc3ccc(OC(F)(F)F)cc3)cc2)c(O)c1I. The van der Waals surface area contributed by atoms with Gasteiger partial charge in [0.05, 0.1) is 9.26 Å². The topological polar surface area (TPSA) is 51.6 Å². The Morgan fingerprint density at radius 1 is 0.897 bits per heavy atom. The van der Waals surface area contributed by atoms with E-state index in [4.69, 9.17) is 4.74 Å². The zero-order valence-corrected chi connectivity index (χ0v) is 17.7. The van der Waals surface area contributed by atoms with E-state index >= 15 is 0 Å². The fourth-order valence-electron chi connectivity index (χ4n) is 2.78. The summed E-state index contributed by atoms with van der Waals surface area (Å²) in [6.07, 6.45) is -4.21. The fourth-order valence-corrected chi connectivity index (χ4v) is 3.23. The van der Waals surface area contributed by atoms with Crippen molar-refractivity contribution >= 4 is 22.6 Å². The molecule has 0 aliphatic heterocycles. The van der Waals surface area contributed by atoms with E-state index in [2.05, 4.69) is 32.3 Å². The average molecular weight is 515 g/mol. The standard InChI is InChI=1S/C21H17F3INO3/c1-12-18(20(27)19(25)13(2)26-12)11-14-3-5-15(6-4-14)28-16-7-9-17(10-8-16)29-21(22,23)24/h3-10H,11H2,1-2H3,(H,26,27). The Hall–Kier alpha value is -2.49. The van der Waals surface area contributed by atoms with Gasteiger partial charge in [0.2, 0.25) is 0 Å². The number of benzene rings is 2. The molecule has 0 saturated heterocycles. The Labute approximate surface area is 179 Å². The predicted molar refractivity (Wildman–Crippen MR) is 111 cm³/mol. The van der Waals surface area contributed by atoms with Gasteiger partial charge in [0.25, 0.3) is 0 Å². The minimum Gasteiger partial charge on any atom is -0.506 e. The Balaban J connectivity index is 1.69. The summed E-state index contributed by atoms with van der Waals surface area (Å²) in [6.45, 7) is 3.72. The molecule has 0 atom stereocenters. The summed E-state index contributed by atoms with van der Waals surface area (Å²) in [6, 6.07) is 12.4. The zero-order valence-electron chi connectivity index (χ0n) is 15.5. The van der Waals surface area contributed by atoms with E-state index in [0.29, 0.717) is 17.9 Å². The van der Waals surface area contributed by atoms with Crippen LogP contribution in [0, 0.1) is 17.4 Å². The highest BCUT2D eigenvalue weighted by Gasteiger charge is 2.31. The molecule has 2 aromatic carbocycles. The molecule has 152 valence electrons. The van der Waals surface area contributed by atoms with E-state index in [1.54, 1.807) is 12.1 Å². The number of halogens is 4. The highest BCUT2D eigenvalue weighted by Crippen LogP contribution is 2.31. The fraction of sp³-hybridized carbons (Fsp3) is 0.190. The van der Waals surface area contributed by atoms with Crippen LogP contribution in [0.25, 0.3) is 0 Å². The van der Waals surface area contributed by atoms with Gasteiger partial charge in [-0.15, -0.1) is 13.2 Å². The smallest absolute Gasteiger partial charge is 0.506 e. The van der Waals surface area contributed by atoms with Gasteiger partial charge >= 0.3 is 6.36 Å². The second-order valence-corrected chi connectivity index (χ2v) is 7.44. The molecule has 0 amide bonds. The Morgan fingerprint density at radius 2 is 1.41 bits per heavy atom. The lowest BCUT2D eigenvalue weighted by Gasteiger charge is -2.12. The van der Waals surface area contributed by atoms with Gasteiger partial charge in [0.15, 0.2) is 0 Å². The van der Waals surface area contributed by atoms with E-state index in [9.17, 15) is 18.3 Å².